The van der Waals surface area contributed by atoms with Crippen molar-refractivity contribution in [2.24, 2.45) is 0 Å². The van der Waals surface area contributed by atoms with Gasteiger partial charge in [0.1, 0.15) is 0 Å². The van der Waals surface area contributed by atoms with E-state index in [1.54, 1.807) is 6.07 Å². The Bertz CT molecular complexity index is 422. The van der Waals surface area contributed by atoms with Crippen LogP contribution in [-0.4, -0.2) is 35.4 Å². The van der Waals surface area contributed by atoms with Crippen LogP contribution in [0, 0.1) is 0 Å². The van der Waals surface area contributed by atoms with Crippen LogP contribution in [0.4, 0.5) is 0 Å². The summed E-state index contributed by atoms with van der Waals surface area (Å²) in [6.45, 7) is 1.36. The summed E-state index contributed by atoms with van der Waals surface area (Å²) in [5.41, 5.74) is 1.39. The molecule has 0 spiro atoms. The van der Waals surface area contributed by atoms with Crippen LogP contribution in [0.2, 0.25) is 0 Å². The summed E-state index contributed by atoms with van der Waals surface area (Å²) >= 11 is 0. The van der Waals surface area contributed by atoms with Crippen molar-refractivity contribution in [1.82, 2.24) is 15.5 Å². The number of amides is 1. The average molecular weight is 247 g/mol. The van der Waals surface area contributed by atoms with E-state index in [0.29, 0.717) is 18.2 Å². The Morgan fingerprint density at radius 2 is 2.22 bits per heavy atom. The van der Waals surface area contributed by atoms with Crippen LogP contribution in [-0.2, 0) is 4.74 Å². The van der Waals surface area contributed by atoms with Gasteiger partial charge in [0.05, 0.1) is 11.8 Å². The van der Waals surface area contributed by atoms with Gasteiger partial charge in [-0.25, -0.2) is 0 Å². The molecular weight excluding hydrogens is 230 g/mol. The molecule has 1 aliphatic heterocycles. The Balaban J connectivity index is 1.54. The summed E-state index contributed by atoms with van der Waals surface area (Å²) in [4.78, 5) is 11.8. The molecule has 0 radical (unpaired) electrons. The third-order valence-corrected chi connectivity index (χ3v) is 3.43. The number of carbonyl (C=O) groups is 1. The third-order valence-electron chi connectivity index (χ3n) is 3.43. The van der Waals surface area contributed by atoms with Crippen LogP contribution in [0.5, 0.6) is 0 Å². The van der Waals surface area contributed by atoms with E-state index in [0.717, 1.165) is 25.1 Å². The Morgan fingerprint density at radius 3 is 2.83 bits per heavy atom. The smallest absolute Gasteiger partial charge is 0.271 e. The number of rotatable bonds is 4. The molecule has 1 amide bonds. The summed E-state index contributed by atoms with van der Waals surface area (Å²) in [5.74, 6) is 0.404. The summed E-state index contributed by atoms with van der Waals surface area (Å²) in [6, 6.07) is 3.66. The lowest BCUT2D eigenvalue weighted by molar-refractivity contribution is 0.0853. The van der Waals surface area contributed by atoms with Crippen LogP contribution < -0.4 is 5.32 Å². The van der Waals surface area contributed by atoms with Crippen LogP contribution >= 0.6 is 0 Å². The molecule has 1 saturated heterocycles. The van der Waals surface area contributed by atoms with E-state index in [2.05, 4.69) is 15.5 Å². The monoisotopic (exact) mass is 247 g/mol. The first-order chi connectivity index (χ1) is 8.83. The molecule has 96 valence electrons. The van der Waals surface area contributed by atoms with Crippen molar-refractivity contribution >= 4 is 5.91 Å². The molecule has 2 aliphatic rings. The van der Waals surface area contributed by atoms with E-state index in [1.807, 2.05) is 6.07 Å². The lowest BCUT2D eigenvalue weighted by Crippen LogP contribution is -2.32. The van der Waals surface area contributed by atoms with Gasteiger partial charge < -0.3 is 10.1 Å². The number of nitrogens with zero attached hydrogens (tertiary/aromatic N) is 2. The second kappa shape index (κ2) is 5.02. The fraction of sp³-hybridized carbons (Fsp3) is 0.615. The summed E-state index contributed by atoms with van der Waals surface area (Å²) in [6.07, 6.45) is 4.65. The quantitative estimate of drug-likeness (QED) is 0.870. The highest BCUT2D eigenvalue weighted by molar-refractivity contribution is 5.92. The molecule has 1 aromatic rings. The topological polar surface area (TPSA) is 64.1 Å². The van der Waals surface area contributed by atoms with E-state index < -0.39 is 0 Å². The minimum Gasteiger partial charge on any atom is -0.376 e. The molecule has 1 saturated carbocycles. The molecule has 2 heterocycles. The minimum absolute atomic E-state index is 0.160. The largest absolute Gasteiger partial charge is 0.376 e. The van der Waals surface area contributed by atoms with Gasteiger partial charge in [-0.1, -0.05) is 0 Å². The first kappa shape index (κ1) is 11.6. The number of hydrogen-bond donors (Lipinski definition) is 1. The van der Waals surface area contributed by atoms with E-state index >= 15 is 0 Å². The summed E-state index contributed by atoms with van der Waals surface area (Å²) in [5, 5.41) is 10.9. The van der Waals surface area contributed by atoms with Crippen LogP contribution in [0.3, 0.4) is 0 Å². The van der Waals surface area contributed by atoms with E-state index in [1.165, 1.54) is 12.8 Å². The predicted molar refractivity (Wildman–Crippen MR) is 65.3 cm³/mol. The van der Waals surface area contributed by atoms with Crippen molar-refractivity contribution in [2.75, 3.05) is 13.2 Å². The summed E-state index contributed by atoms with van der Waals surface area (Å²) < 4.78 is 5.45. The maximum atomic E-state index is 11.8. The van der Waals surface area contributed by atoms with E-state index in [4.69, 9.17) is 4.74 Å². The van der Waals surface area contributed by atoms with Gasteiger partial charge >= 0.3 is 0 Å². The molecule has 3 rings (SSSR count). The van der Waals surface area contributed by atoms with Crippen molar-refractivity contribution in [3.8, 4) is 0 Å². The standard InChI is InChI=1S/C13H17N3O2/c17-13(14-8-10-2-1-7-18-10)12-6-5-11(15-16-12)9-3-4-9/h5-6,9-10H,1-4,7-8H2,(H,14,17). The molecule has 1 atom stereocenters. The molecule has 0 bridgehead atoms. The Morgan fingerprint density at radius 1 is 1.33 bits per heavy atom. The lowest BCUT2D eigenvalue weighted by Gasteiger charge is -2.10. The first-order valence-corrected chi connectivity index (χ1v) is 6.56. The van der Waals surface area contributed by atoms with Gasteiger partial charge in [-0.3, -0.25) is 4.79 Å². The summed E-state index contributed by atoms with van der Waals surface area (Å²) in [7, 11) is 0. The number of carbonyl (C=O) groups excluding carboxylic acids is 1. The van der Waals surface area contributed by atoms with Gasteiger partial charge in [0.25, 0.3) is 5.91 Å². The first-order valence-electron chi connectivity index (χ1n) is 6.56. The number of aromatic nitrogens is 2. The third kappa shape index (κ3) is 2.67. The van der Waals surface area contributed by atoms with Crippen LogP contribution in [0.15, 0.2) is 12.1 Å². The maximum absolute atomic E-state index is 11.8. The fourth-order valence-corrected chi connectivity index (χ4v) is 2.16. The van der Waals surface area contributed by atoms with Crippen molar-refractivity contribution in [1.29, 1.82) is 0 Å². The van der Waals surface area contributed by atoms with Gasteiger partial charge in [0, 0.05) is 19.1 Å². The van der Waals surface area contributed by atoms with Gasteiger partial charge in [0.2, 0.25) is 0 Å². The second-order valence-corrected chi connectivity index (χ2v) is 4.96. The zero-order valence-electron chi connectivity index (χ0n) is 10.3. The number of hydrogen-bond acceptors (Lipinski definition) is 4. The molecule has 1 aliphatic carbocycles. The fourth-order valence-electron chi connectivity index (χ4n) is 2.16. The number of nitrogens with one attached hydrogen (secondary N) is 1. The molecule has 5 heteroatoms. The lowest BCUT2D eigenvalue weighted by atomic mass is 10.2. The van der Waals surface area contributed by atoms with Crippen LogP contribution in [0.25, 0.3) is 0 Å². The Kier molecular flexibility index (Phi) is 3.23. The molecule has 5 nitrogen and oxygen atoms in total. The SMILES string of the molecule is O=C(NCC1CCCO1)c1ccc(C2CC2)nn1. The van der Waals surface area contributed by atoms with Crippen molar-refractivity contribution in [3.63, 3.8) is 0 Å². The molecule has 1 N–H and O–H groups in total. The Labute approximate surface area is 106 Å². The Hall–Kier alpha value is -1.49. The van der Waals surface area contributed by atoms with Gasteiger partial charge in [-0.2, -0.15) is 5.10 Å². The molecular formula is C13H17N3O2. The number of ether oxygens (including phenoxy) is 1. The highest BCUT2D eigenvalue weighted by atomic mass is 16.5. The zero-order chi connectivity index (χ0) is 12.4. The van der Waals surface area contributed by atoms with E-state index in [-0.39, 0.29) is 12.0 Å². The van der Waals surface area contributed by atoms with Gasteiger partial charge in [0.15, 0.2) is 5.69 Å². The molecule has 2 fully saturated rings. The highest BCUT2D eigenvalue weighted by Gasteiger charge is 2.25. The van der Waals surface area contributed by atoms with E-state index in [9.17, 15) is 4.79 Å². The maximum Gasteiger partial charge on any atom is 0.271 e. The van der Waals surface area contributed by atoms with Crippen molar-refractivity contribution < 1.29 is 9.53 Å². The second-order valence-electron chi connectivity index (χ2n) is 4.96. The van der Waals surface area contributed by atoms with Crippen molar-refractivity contribution in [2.45, 2.75) is 37.7 Å². The minimum atomic E-state index is -0.166. The normalized spacial score (nSPS) is 23.0. The highest BCUT2D eigenvalue weighted by Crippen LogP contribution is 2.38. The zero-order valence-corrected chi connectivity index (χ0v) is 10.3. The molecule has 18 heavy (non-hydrogen) atoms. The molecule has 0 aromatic carbocycles. The van der Waals surface area contributed by atoms with Crippen molar-refractivity contribution in [3.05, 3.63) is 23.5 Å². The van der Waals surface area contributed by atoms with Gasteiger partial charge in [-0.05, 0) is 37.8 Å². The average Bonchev–Trinajstić information content (AvgIpc) is 3.13. The van der Waals surface area contributed by atoms with Crippen LogP contribution in [0.1, 0.15) is 47.8 Å². The molecule has 1 aromatic heterocycles. The molecule has 1 unspecified atom stereocenters. The predicted octanol–water partition coefficient (Wildman–Crippen LogP) is 1.26. The van der Waals surface area contributed by atoms with Gasteiger partial charge in [-0.15, -0.1) is 5.10 Å².